The van der Waals surface area contributed by atoms with Crippen molar-refractivity contribution in [2.75, 3.05) is 20.2 Å². The minimum absolute atomic E-state index is 0.435. The minimum Gasteiger partial charge on any atom is -0.467 e. The number of ether oxygens (including phenoxy) is 1. The summed E-state index contributed by atoms with van der Waals surface area (Å²) in [6.45, 7) is 4.56. The molecule has 0 aromatic carbocycles. The molecule has 2 aliphatic rings. The third-order valence-electron chi connectivity index (χ3n) is 3.76. The van der Waals surface area contributed by atoms with E-state index in [-0.39, 0.29) is 0 Å². The molecule has 3 rings (SSSR count). The van der Waals surface area contributed by atoms with Crippen molar-refractivity contribution in [1.82, 2.24) is 14.9 Å². The second kappa shape index (κ2) is 4.11. The second-order valence-electron chi connectivity index (χ2n) is 4.68. The molecule has 4 heteroatoms. The molecular formula is C13H17N3O. The fraction of sp³-hybridized carbons (Fsp3) is 0.538. The van der Waals surface area contributed by atoms with Crippen molar-refractivity contribution >= 4 is 5.57 Å². The molecule has 1 aliphatic carbocycles. The SMILES string of the molecule is CCN1CC2C=C(c3cnc(OC)nc3)C1C2. The summed E-state index contributed by atoms with van der Waals surface area (Å²) in [5.74, 6) is 0.719. The minimum atomic E-state index is 0.435. The van der Waals surface area contributed by atoms with Crippen LogP contribution in [0.15, 0.2) is 18.5 Å². The highest BCUT2D eigenvalue weighted by atomic mass is 16.5. The molecule has 2 atom stereocenters. The highest BCUT2D eigenvalue weighted by Gasteiger charge is 2.38. The van der Waals surface area contributed by atoms with Gasteiger partial charge in [-0.15, -0.1) is 0 Å². The third-order valence-corrected chi connectivity index (χ3v) is 3.76. The summed E-state index contributed by atoms with van der Waals surface area (Å²) in [7, 11) is 1.59. The van der Waals surface area contributed by atoms with E-state index in [9.17, 15) is 0 Å². The van der Waals surface area contributed by atoms with Gasteiger partial charge in [0.25, 0.3) is 0 Å². The van der Waals surface area contributed by atoms with Crippen LogP contribution in [0.1, 0.15) is 18.9 Å². The van der Waals surface area contributed by atoms with Crippen LogP contribution < -0.4 is 4.74 Å². The molecule has 2 unspecified atom stereocenters. The van der Waals surface area contributed by atoms with Gasteiger partial charge in [0, 0.05) is 30.5 Å². The predicted octanol–water partition coefficient (Wildman–Crippen LogP) is 1.59. The molecule has 0 spiro atoms. The molecule has 1 aromatic heterocycles. The Bertz CT molecular complexity index is 440. The first-order valence-electron chi connectivity index (χ1n) is 6.14. The van der Waals surface area contributed by atoms with Gasteiger partial charge in [-0.05, 0) is 24.5 Å². The van der Waals surface area contributed by atoms with E-state index in [2.05, 4.69) is 27.9 Å². The smallest absolute Gasteiger partial charge is 0.316 e. The van der Waals surface area contributed by atoms with Gasteiger partial charge in [-0.3, -0.25) is 4.90 Å². The highest BCUT2D eigenvalue weighted by Crippen LogP contribution is 2.41. The molecule has 17 heavy (non-hydrogen) atoms. The molecule has 0 N–H and O–H groups in total. The average Bonchev–Trinajstić information content (AvgIpc) is 2.98. The Morgan fingerprint density at radius 3 is 2.76 bits per heavy atom. The monoisotopic (exact) mass is 231 g/mol. The van der Waals surface area contributed by atoms with E-state index in [4.69, 9.17) is 4.74 Å². The number of likely N-dealkylation sites (N-methyl/N-ethyl adjacent to an activating group) is 1. The number of aromatic nitrogens is 2. The van der Waals surface area contributed by atoms with Gasteiger partial charge in [-0.2, -0.15) is 0 Å². The number of hydrogen-bond acceptors (Lipinski definition) is 4. The Morgan fingerprint density at radius 2 is 2.18 bits per heavy atom. The molecule has 2 heterocycles. The maximum atomic E-state index is 4.98. The van der Waals surface area contributed by atoms with Gasteiger partial charge in [-0.25, -0.2) is 9.97 Å². The first-order valence-corrected chi connectivity index (χ1v) is 6.14. The van der Waals surface area contributed by atoms with Crippen LogP contribution in [0.5, 0.6) is 6.01 Å². The largest absolute Gasteiger partial charge is 0.467 e. The zero-order valence-electron chi connectivity index (χ0n) is 10.3. The lowest BCUT2D eigenvalue weighted by Crippen LogP contribution is -2.31. The summed E-state index contributed by atoms with van der Waals surface area (Å²) in [4.78, 5) is 10.9. The Kier molecular flexibility index (Phi) is 2.59. The molecule has 1 aliphatic heterocycles. The molecular weight excluding hydrogens is 214 g/mol. The van der Waals surface area contributed by atoms with Crippen LogP contribution in [0.3, 0.4) is 0 Å². The van der Waals surface area contributed by atoms with Crippen LogP contribution in [0, 0.1) is 5.92 Å². The fourth-order valence-corrected chi connectivity index (χ4v) is 2.96. The molecule has 0 radical (unpaired) electrons. The van der Waals surface area contributed by atoms with E-state index in [1.807, 2.05) is 12.4 Å². The van der Waals surface area contributed by atoms with Crippen molar-refractivity contribution in [2.45, 2.75) is 19.4 Å². The van der Waals surface area contributed by atoms with Crippen molar-refractivity contribution in [1.29, 1.82) is 0 Å². The number of likely N-dealkylation sites (tertiary alicyclic amines) is 1. The van der Waals surface area contributed by atoms with Crippen LogP contribution in [-0.4, -0.2) is 41.1 Å². The van der Waals surface area contributed by atoms with Crippen molar-refractivity contribution in [3.05, 3.63) is 24.0 Å². The predicted molar refractivity (Wildman–Crippen MR) is 65.7 cm³/mol. The number of hydrogen-bond donors (Lipinski definition) is 0. The van der Waals surface area contributed by atoms with Crippen molar-refractivity contribution in [2.24, 2.45) is 5.92 Å². The van der Waals surface area contributed by atoms with E-state index in [0.717, 1.165) is 18.0 Å². The molecule has 1 aromatic rings. The molecule has 2 bridgehead atoms. The summed E-state index contributed by atoms with van der Waals surface area (Å²) in [5.41, 5.74) is 2.53. The summed E-state index contributed by atoms with van der Waals surface area (Å²) in [5, 5.41) is 0. The lowest BCUT2D eigenvalue weighted by atomic mass is 10.0. The van der Waals surface area contributed by atoms with Gasteiger partial charge in [-0.1, -0.05) is 13.0 Å². The zero-order valence-corrected chi connectivity index (χ0v) is 10.3. The van der Waals surface area contributed by atoms with E-state index < -0.39 is 0 Å². The van der Waals surface area contributed by atoms with Crippen molar-refractivity contribution < 1.29 is 4.74 Å². The first kappa shape index (κ1) is 10.7. The van der Waals surface area contributed by atoms with Crippen molar-refractivity contribution in [3.63, 3.8) is 0 Å². The van der Waals surface area contributed by atoms with E-state index in [1.165, 1.54) is 18.5 Å². The lowest BCUT2D eigenvalue weighted by molar-refractivity contribution is 0.302. The topological polar surface area (TPSA) is 38.2 Å². The van der Waals surface area contributed by atoms with Crippen LogP contribution in [0.4, 0.5) is 0 Å². The Labute approximate surface area is 101 Å². The van der Waals surface area contributed by atoms with E-state index >= 15 is 0 Å². The maximum Gasteiger partial charge on any atom is 0.316 e. The Balaban J connectivity index is 1.87. The summed E-state index contributed by atoms with van der Waals surface area (Å²) in [6, 6.07) is 1.01. The molecule has 1 saturated heterocycles. The van der Waals surface area contributed by atoms with Gasteiger partial charge in [0.15, 0.2) is 0 Å². The number of methoxy groups -OCH3 is 1. The van der Waals surface area contributed by atoms with Crippen LogP contribution in [0.2, 0.25) is 0 Å². The summed E-state index contributed by atoms with van der Waals surface area (Å²) < 4.78 is 4.98. The molecule has 0 saturated carbocycles. The van der Waals surface area contributed by atoms with Crippen molar-refractivity contribution in [3.8, 4) is 6.01 Å². The third kappa shape index (κ3) is 1.72. The van der Waals surface area contributed by atoms with Crippen LogP contribution >= 0.6 is 0 Å². The van der Waals surface area contributed by atoms with Crippen LogP contribution in [0.25, 0.3) is 5.57 Å². The Morgan fingerprint density at radius 1 is 1.41 bits per heavy atom. The van der Waals surface area contributed by atoms with Gasteiger partial charge >= 0.3 is 6.01 Å². The number of nitrogens with zero attached hydrogens (tertiary/aromatic N) is 3. The standard InChI is InChI=1S/C13H17N3O/c1-3-16-8-9-4-11(12(16)5-9)10-6-14-13(17-2)15-7-10/h4,6-7,9,12H,3,5,8H2,1-2H3. The lowest BCUT2D eigenvalue weighted by Gasteiger charge is -2.26. The van der Waals surface area contributed by atoms with E-state index in [0.29, 0.717) is 12.1 Å². The summed E-state index contributed by atoms with van der Waals surface area (Å²) in [6.07, 6.45) is 7.38. The second-order valence-corrected chi connectivity index (χ2v) is 4.68. The van der Waals surface area contributed by atoms with E-state index in [1.54, 1.807) is 7.11 Å². The average molecular weight is 231 g/mol. The molecule has 4 nitrogen and oxygen atoms in total. The molecule has 0 amide bonds. The van der Waals surface area contributed by atoms with Gasteiger partial charge in [0.05, 0.1) is 7.11 Å². The zero-order chi connectivity index (χ0) is 11.8. The number of rotatable bonds is 3. The first-order chi connectivity index (χ1) is 8.31. The number of fused-ring (bicyclic) bond motifs is 2. The van der Waals surface area contributed by atoms with Crippen LogP contribution in [-0.2, 0) is 0 Å². The quantitative estimate of drug-likeness (QED) is 0.792. The Hall–Kier alpha value is -1.42. The van der Waals surface area contributed by atoms with Gasteiger partial charge < -0.3 is 4.74 Å². The molecule has 1 fully saturated rings. The fourth-order valence-electron chi connectivity index (χ4n) is 2.96. The highest BCUT2D eigenvalue weighted by molar-refractivity contribution is 5.72. The van der Waals surface area contributed by atoms with Gasteiger partial charge in [0.1, 0.15) is 0 Å². The molecule has 90 valence electrons. The maximum absolute atomic E-state index is 4.98. The summed E-state index contributed by atoms with van der Waals surface area (Å²) >= 11 is 0. The normalized spacial score (nSPS) is 27.3. The van der Waals surface area contributed by atoms with Gasteiger partial charge in [0.2, 0.25) is 0 Å².